The molecule has 0 aromatic heterocycles. The van der Waals surface area contributed by atoms with Crippen LogP contribution in [0, 0.1) is 6.92 Å². The Balaban J connectivity index is 1.75. The maximum absolute atomic E-state index is 14.2. The highest BCUT2D eigenvalue weighted by Gasteiger charge is 2.36. The van der Waals surface area contributed by atoms with Gasteiger partial charge in [0.05, 0.1) is 16.1 Å². The Bertz CT molecular complexity index is 1540. The maximum Gasteiger partial charge on any atom is 0.416 e. The van der Waals surface area contributed by atoms with Gasteiger partial charge in [0, 0.05) is 12.6 Å². The second kappa shape index (κ2) is 14.3. The number of halogens is 3. The predicted molar refractivity (Wildman–Crippen MR) is 163 cm³/mol. The molecule has 7 nitrogen and oxygen atoms in total. The summed E-state index contributed by atoms with van der Waals surface area (Å²) in [5.74, 6) is -1.05. The van der Waals surface area contributed by atoms with Crippen molar-refractivity contribution in [3.63, 3.8) is 0 Å². The van der Waals surface area contributed by atoms with Crippen molar-refractivity contribution in [2.24, 2.45) is 0 Å². The molecule has 44 heavy (non-hydrogen) atoms. The Hall–Kier alpha value is -3.86. The smallest absolute Gasteiger partial charge is 0.352 e. The van der Waals surface area contributed by atoms with Crippen LogP contribution >= 0.6 is 0 Å². The summed E-state index contributed by atoms with van der Waals surface area (Å²) in [4.78, 5) is 29.0. The number of anilines is 1. The van der Waals surface area contributed by atoms with Gasteiger partial charge in [-0.2, -0.15) is 13.2 Å². The monoisotopic (exact) mass is 629 g/mol. The lowest BCUT2D eigenvalue weighted by atomic mass is 9.95. The van der Waals surface area contributed by atoms with E-state index in [0.717, 1.165) is 55.4 Å². The van der Waals surface area contributed by atoms with Gasteiger partial charge in [-0.05, 0) is 67.6 Å². The molecule has 236 valence electrons. The zero-order chi connectivity index (χ0) is 31.9. The van der Waals surface area contributed by atoms with E-state index in [1.807, 2.05) is 31.2 Å². The Morgan fingerprint density at radius 3 is 2.23 bits per heavy atom. The summed E-state index contributed by atoms with van der Waals surface area (Å²) in [6.45, 7) is 2.85. The highest BCUT2D eigenvalue weighted by Crippen LogP contribution is 2.33. The van der Waals surface area contributed by atoms with E-state index in [2.05, 4.69) is 5.32 Å². The molecule has 3 aromatic carbocycles. The number of rotatable bonds is 11. The average molecular weight is 630 g/mol. The first kappa shape index (κ1) is 33.0. The van der Waals surface area contributed by atoms with Crippen LogP contribution in [-0.2, 0) is 32.3 Å². The zero-order valence-electron chi connectivity index (χ0n) is 24.9. The number of hydrogen-bond donors (Lipinski definition) is 1. The third kappa shape index (κ3) is 7.99. The molecule has 1 atom stereocenters. The first-order valence-corrected chi connectivity index (χ1v) is 16.2. The summed E-state index contributed by atoms with van der Waals surface area (Å²) in [6.07, 6.45) is 0.296. The van der Waals surface area contributed by atoms with Crippen molar-refractivity contribution in [1.82, 2.24) is 10.2 Å². The van der Waals surface area contributed by atoms with Crippen molar-refractivity contribution in [3.8, 4) is 0 Å². The van der Waals surface area contributed by atoms with Crippen LogP contribution in [0.2, 0.25) is 0 Å². The van der Waals surface area contributed by atoms with Crippen LogP contribution in [0.1, 0.15) is 62.1 Å². The normalized spacial score (nSPS) is 14.9. The molecule has 1 aliphatic carbocycles. The predicted octanol–water partition coefficient (Wildman–Crippen LogP) is 6.47. The van der Waals surface area contributed by atoms with E-state index in [0.29, 0.717) is 10.4 Å². The number of alkyl halides is 3. The SMILES string of the molecule is CC[C@H](C(=O)NC1CCCCC1)N(Cc1ccccc1C)C(=O)CN(c1cccc(C(F)(F)F)c1)S(=O)(=O)c1ccccc1. The van der Waals surface area contributed by atoms with Gasteiger partial charge in [-0.25, -0.2) is 8.42 Å². The van der Waals surface area contributed by atoms with Gasteiger partial charge >= 0.3 is 6.18 Å². The minimum Gasteiger partial charge on any atom is -0.352 e. The number of sulfonamides is 1. The van der Waals surface area contributed by atoms with Crippen LogP contribution in [0.3, 0.4) is 0 Å². The van der Waals surface area contributed by atoms with Gasteiger partial charge in [-0.1, -0.05) is 74.7 Å². The number of nitrogens with one attached hydrogen (secondary N) is 1. The van der Waals surface area contributed by atoms with E-state index in [1.165, 1.54) is 35.2 Å². The van der Waals surface area contributed by atoms with E-state index in [4.69, 9.17) is 0 Å². The molecule has 1 aliphatic rings. The van der Waals surface area contributed by atoms with Gasteiger partial charge < -0.3 is 10.2 Å². The van der Waals surface area contributed by atoms with Crippen molar-refractivity contribution in [2.45, 2.75) is 82.1 Å². The molecule has 1 fully saturated rings. The molecule has 1 saturated carbocycles. The number of aryl methyl sites for hydroxylation is 1. The fourth-order valence-corrected chi connectivity index (χ4v) is 6.95. The van der Waals surface area contributed by atoms with Crippen LogP contribution in [0.25, 0.3) is 0 Å². The van der Waals surface area contributed by atoms with E-state index >= 15 is 0 Å². The first-order valence-electron chi connectivity index (χ1n) is 14.8. The van der Waals surface area contributed by atoms with Crippen LogP contribution in [0.4, 0.5) is 18.9 Å². The molecule has 4 rings (SSSR count). The molecule has 0 radical (unpaired) electrons. The van der Waals surface area contributed by atoms with E-state index in [1.54, 1.807) is 13.0 Å². The largest absolute Gasteiger partial charge is 0.416 e. The van der Waals surface area contributed by atoms with Gasteiger partial charge in [0.1, 0.15) is 12.6 Å². The molecule has 0 aliphatic heterocycles. The van der Waals surface area contributed by atoms with Crippen LogP contribution in [-0.4, -0.2) is 43.8 Å². The average Bonchev–Trinajstić information content (AvgIpc) is 3.01. The lowest BCUT2D eigenvalue weighted by Crippen LogP contribution is -2.54. The van der Waals surface area contributed by atoms with E-state index in [-0.39, 0.29) is 35.5 Å². The molecule has 3 aromatic rings. The summed E-state index contributed by atoms with van der Waals surface area (Å²) in [5.41, 5.74) is 0.277. The Morgan fingerprint density at radius 1 is 0.932 bits per heavy atom. The van der Waals surface area contributed by atoms with Gasteiger partial charge in [0.2, 0.25) is 11.8 Å². The van der Waals surface area contributed by atoms with Crippen LogP contribution < -0.4 is 9.62 Å². The number of benzene rings is 3. The highest BCUT2D eigenvalue weighted by molar-refractivity contribution is 7.92. The molecular weight excluding hydrogens is 591 g/mol. The third-order valence-corrected chi connectivity index (χ3v) is 9.80. The number of amides is 2. The topological polar surface area (TPSA) is 86.8 Å². The van der Waals surface area contributed by atoms with Gasteiger partial charge in [-0.3, -0.25) is 13.9 Å². The maximum atomic E-state index is 14.2. The fraction of sp³-hybridized carbons (Fsp3) is 0.394. The van der Waals surface area contributed by atoms with Crippen molar-refractivity contribution in [1.29, 1.82) is 0 Å². The fourth-order valence-electron chi connectivity index (χ4n) is 5.52. The van der Waals surface area contributed by atoms with Crippen molar-refractivity contribution in [3.05, 3.63) is 95.6 Å². The van der Waals surface area contributed by atoms with Crippen LogP contribution in [0.15, 0.2) is 83.8 Å². The van der Waals surface area contributed by atoms with Crippen molar-refractivity contribution >= 4 is 27.5 Å². The molecule has 0 saturated heterocycles. The van der Waals surface area contributed by atoms with Gasteiger partial charge in [-0.15, -0.1) is 0 Å². The standard InChI is InChI=1S/C33H38F3N3O4S/c1-3-30(32(41)37-27-16-6-4-7-17-27)38(22-25-14-11-10-13-24(25)2)31(40)23-39(44(42,43)29-19-8-5-9-20-29)28-18-12-15-26(21-28)33(34,35)36/h5,8-15,18-21,27,30H,3-4,6-7,16-17,22-23H2,1-2H3,(H,37,41)/t30-/m1/s1. The number of hydrogen-bond acceptors (Lipinski definition) is 4. The van der Waals surface area contributed by atoms with E-state index < -0.39 is 40.3 Å². The molecule has 0 spiro atoms. The lowest BCUT2D eigenvalue weighted by molar-refractivity contribution is -0.140. The highest BCUT2D eigenvalue weighted by atomic mass is 32.2. The Morgan fingerprint density at radius 2 is 1.59 bits per heavy atom. The van der Waals surface area contributed by atoms with Crippen molar-refractivity contribution in [2.75, 3.05) is 10.8 Å². The first-order chi connectivity index (χ1) is 20.9. The lowest BCUT2D eigenvalue weighted by Gasteiger charge is -2.35. The second-order valence-electron chi connectivity index (χ2n) is 11.1. The summed E-state index contributed by atoms with van der Waals surface area (Å²) in [6, 6.07) is 17.5. The minimum absolute atomic E-state index is 0.0132. The van der Waals surface area contributed by atoms with Crippen LogP contribution in [0.5, 0.6) is 0 Å². The second-order valence-corrected chi connectivity index (χ2v) is 13.0. The number of nitrogens with zero attached hydrogens (tertiary/aromatic N) is 2. The van der Waals surface area contributed by atoms with Gasteiger partial charge in [0.25, 0.3) is 10.0 Å². The van der Waals surface area contributed by atoms with E-state index in [9.17, 15) is 31.2 Å². The Kier molecular flexibility index (Phi) is 10.7. The molecule has 0 heterocycles. The summed E-state index contributed by atoms with van der Waals surface area (Å²) in [5, 5.41) is 3.08. The third-order valence-electron chi connectivity index (χ3n) is 8.01. The molecule has 11 heteroatoms. The summed E-state index contributed by atoms with van der Waals surface area (Å²) in [7, 11) is -4.48. The number of carbonyl (C=O) groups is 2. The quantitative estimate of drug-likeness (QED) is 0.264. The molecule has 0 bridgehead atoms. The summed E-state index contributed by atoms with van der Waals surface area (Å²) >= 11 is 0. The minimum atomic E-state index is -4.73. The zero-order valence-corrected chi connectivity index (χ0v) is 25.7. The molecule has 1 N–H and O–H groups in total. The number of carbonyl (C=O) groups excluding carboxylic acids is 2. The molecule has 0 unspecified atom stereocenters. The Labute approximate surface area is 257 Å². The summed E-state index contributed by atoms with van der Waals surface area (Å²) < 4.78 is 69.5. The van der Waals surface area contributed by atoms with Gasteiger partial charge in [0.15, 0.2) is 0 Å². The molecule has 2 amide bonds. The van der Waals surface area contributed by atoms with Crippen molar-refractivity contribution < 1.29 is 31.2 Å². The molecular formula is C33H38F3N3O4S.